The Morgan fingerprint density at radius 3 is 0.829 bits per heavy atom. The Morgan fingerprint density at radius 2 is 0.541 bits per heavy atom. The van der Waals surface area contributed by atoms with Crippen LogP contribution >= 0.6 is 0 Å². The molecule has 8 aromatic carbocycles. The van der Waals surface area contributed by atoms with E-state index in [2.05, 4.69) is 115 Å². The molecule has 0 spiro atoms. The number of phenolic OH excluding ortho intramolecular Hbond substituents is 4. The number of pyridine rings is 6. The molecule has 12 aromatic heterocycles. The Balaban J connectivity index is 0.000000185. The number of aryl methyl sites for hydroxylation is 6. The Morgan fingerprint density at radius 1 is 0.267 bits per heavy atom. The summed E-state index contributed by atoms with van der Waals surface area (Å²) in [5.74, 6) is 4.01. The molecule has 752 valence electrons. The molecule has 0 aliphatic carbocycles. The van der Waals surface area contributed by atoms with Gasteiger partial charge in [-0.1, -0.05) is 165 Å². The number of halogens is 12. The molecule has 146 heavy (non-hydrogen) atoms. The first-order valence-electron chi connectivity index (χ1n) is 42.1. The van der Waals surface area contributed by atoms with E-state index in [0.717, 1.165) is 45.5 Å². The zero-order valence-corrected chi connectivity index (χ0v) is 85.9. The third-order valence-corrected chi connectivity index (χ3v) is 19.2. The summed E-state index contributed by atoms with van der Waals surface area (Å²) < 4.78 is 172. The molecule has 0 unspecified atom stereocenters. The standard InChI is InChI=1S/4C14H10N2O2.2C13H10F3N2.2C11H7F3N3.4Ir/c4*17-12-9-5-4-8-11(12)14-16-15-13(18-14)10-6-2-1-3-7-10;1-8-3-5-11(17-7-8)10-4-6-12(13(14,15)16)18-9(10)2;1-8-3-4-11(17-7-8)10-5-9(2)18-12(6-10)13(14,15)16;1-7-8(10-15-5-2-6-16-10)3-4-9(17-7)11(12,13)14;1-7-5-8(10-15-3-2-4-16-10)6-9(17-7)11(12,13)14;;;;/h4*1-9,17H;3,5-7H,1-2H3;3-5,7H,1-2H3;2,4-6H,1H3;2-5H,1H3;;;;/q;;;;4*-1;;;;. The van der Waals surface area contributed by atoms with Crippen molar-refractivity contribution in [2.45, 2.75) is 66.2 Å². The molecule has 20 rings (SSSR count). The van der Waals surface area contributed by atoms with Gasteiger partial charge in [0.2, 0.25) is 23.6 Å². The number of alkyl halides is 12. The maximum Gasteiger partial charge on any atom is 0.421 e. The van der Waals surface area contributed by atoms with E-state index in [0.29, 0.717) is 109 Å². The van der Waals surface area contributed by atoms with Crippen molar-refractivity contribution in [1.29, 1.82) is 0 Å². The molecule has 0 saturated heterocycles. The molecule has 0 saturated carbocycles. The summed E-state index contributed by atoms with van der Waals surface area (Å²) in [5.41, 5.74) is 6.89. The van der Waals surface area contributed by atoms with Gasteiger partial charge < -0.3 is 68.0 Å². The number of aromatic hydroxyl groups is 4. The Bertz CT molecular complexity index is 7040. The van der Waals surface area contributed by atoms with Gasteiger partial charge in [0.05, 0.1) is 50.9 Å². The van der Waals surface area contributed by atoms with E-state index in [1.807, 2.05) is 141 Å². The van der Waals surface area contributed by atoms with Crippen LogP contribution in [0.4, 0.5) is 52.7 Å². The van der Waals surface area contributed by atoms with Gasteiger partial charge in [-0.25, -0.2) is 0 Å². The summed E-state index contributed by atoms with van der Waals surface area (Å²) in [4.78, 5) is 37.7. The number of rotatable bonds is 12. The van der Waals surface area contributed by atoms with Gasteiger partial charge >= 0.3 is 24.7 Å². The van der Waals surface area contributed by atoms with Crippen molar-refractivity contribution in [2.24, 2.45) is 0 Å². The smallest absolute Gasteiger partial charge is 0.421 e. The van der Waals surface area contributed by atoms with Gasteiger partial charge in [-0.15, -0.1) is 100 Å². The fraction of sp³-hybridized carbons (Fsp3) is 0.0962. The predicted octanol–water partition coefficient (Wildman–Crippen LogP) is 24.9. The molecule has 12 heterocycles. The minimum Gasteiger partial charge on any atom is -0.507 e. The predicted molar refractivity (Wildman–Crippen MR) is 497 cm³/mol. The van der Waals surface area contributed by atoms with Crippen molar-refractivity contribution in [3.63, 3.8) is 0 Å². The molecular weight excluding hydrogens is 2630 g/mol. The van der Waals surface area contributed by atoms with E-state index in [-0.39, 0.29) is 132 Å². The minimum absolute atomic E-state index is 0. The first-order valence-corrected chi connectivity index (χ1v) is 42.1. The monoisotopic (exact) mass is 2700 g/mol. The van der Waals surface area contributed by atoms with Crippen LogP contribution in [-0.2, 0) is 105 Å². The molecule has 0 bridgehead atoms. The maximum absolute atomic E-state index is 12.6. The number of hydrogen-bond acceptors (Lipinski definition) is 26. The molecule has 42 heteroatoms. The molecule has 0 amide bonds. The van der Waals surface area contributed by atoms with Crippen LogP contribution in [0, 0.1) is 65.8 Å². The number of hydrogen-bond donors (Lipinski definition) is 4. The quantitative estimate of drug-likeness (QED) is 0.0652. The summed E-state index contributed by atoms with van der Waals surface area (Å²) in [5, 5.41) is 70.6. The molecule has 0 aliphatic rings. The number of benzene rings is 8. The van der Waals surface area contributed by atoms with Gasteiger partial charge in [0.25, 0.3) is 23.6 Å². The van der Waals surface area contributed by atoms with Crippen molar-refractivity contribution in [3.05, 3.63) is 397 Å². The largest absolute Gasteiger partial charge is 0.507 e. The van der Waals surface area contributed by atoms with Crippen molar-refractivity contribution in [1.82, 2.24) is 90.6 Å². The zero-order chi connectivity index (χ0) is 101. The van der Waals surface area contributed by atoms with Gasteiger partial charge in [-0.05, 0) is 182 Å². The Hall–Kier alpha value is -15.7. The van der Waals surface area contributed by atoms with Crippen LogP contribution in [0.25, 0.3) is 137 Å². The molecule has 20 aromatic rings. The van der Waals surface area contributed by atoms with Gasteiger partial charge in [0, 0.05) is 146 Å². The first-order chi connectivity index (χ1) is 68.1. The van der Waals surface area contributed by atoms with E-state index in [4.69, 9.17) is 17.7 Å². The summed E-state index contributed by atoms with van der Waals surface area (Å²) >= 11 is 0. The fourth-order valence-corrected chi connectivity index (χ4v) is 12.4. The van der Waals surface area contributed by atoms with Crippen LogP contribution in [0.2, 0.25) is 0 Å². The average molecular weight is 2700 g/mol. The van der Waals surface area contributed by atoms with Crippen molar-refractivity contribution in [3.8, 4) is 160 Å². The number of phenols is 4. The topological polar surface area (TPSA) is 365 Å². The van der Waals surface area contributed by atoms with E-state index >= 15 is 0 Å². The van der Waals surface area contributed by atoms with Crippen LogP contribution in [0.3, 0.4) is 0 Å². The van der Waals surface area contributed by atoms with Crippen LogP contribution in [0.1, 0.15) is 56.7 Å². The number of nitrogens with zero attached hydrogens (tertiary/aromatic N) is 18. The normalized spacial score (nSPS) is 10.7. The second-order valence-corrected chi connectivity index (χ2v) is 29.8. The van der Waals surface area contributed by atoms with Crippen molar-refractivity contribution >= 4 is 0 Å². The van der Waals surface area contributed by atoms with Crippen LogP contribution in [0.15, 0.2) is 334 Å². The van der Waals surface area contributed by atoms with Gasteiger partial charge in [-0.3, -0.25) is 19.9 Å². The summed E-state index contributed by atoms with van der Waals surface area (Å²) in [6.45, 7) is 9.73. The SMILES string of the molecule is Cc1cc(-c2ncccn2)[c-]c(C(F)(F)F)n1.Cc1ccc(-c2[c-]c(C(F)(F)F)nc(C)c2)nc1.Cc1ccc(-c2[c-]cc(C(F)(F)F)nc2C)nc1.Cc1nc(C(F)(F)F)c[c-]c1-c1ncccn1.Oc1ccccc1-c1nnc(-c2ccccc2)o1.Oc1ccccc1-c1nnc(-c2ccccc2)o1.Oc1ccccc1-c1nnc(-c2ccccc2)o1.Oc1ccccc1-c1nnc(-c2ccccc2)o1.[Ir].[Ir].[Ir].[Ir]. The molecule has 4 N–H and O–H groups in total. The van der Waals surface area contributed by atoms with Gasteiger partial charge in [0.15, 0.2) is 0 Å². The molecular formula is C104H74F12Ir4N18O8-4. The molecule has 26 nitrogen and oxygen atoms in total. The minimum atomic E-state index is -4.52. The summed E-state index contributed by atoms with van der Waals surface area (Å²) in [6, 6.07) is 90.0. The van der Waals surface area contributed by atoms with E-state index < -0.39 is 47.5 Å². The van der Waals surface area contributed by atoms with Crippen LogP contribution in [0.5, 0.6) is 23.0 Å². The average Bonchev–Trinajstić information content (AvgIpc) is 1.35. The van der Waals surface area contributed by atoms with E-state index in [9.17, 15) is 73.1 Å². The maximum atomic E-state index is 12.6. The Labute approximate surface area is 878 Å². The second kappa shape index (κ2) is 53.1. The summed E-state index contributed by atoms with van der Waals surface area (Å²) in [7, 11) is 0. The zero-order valence-electron chi connectivity index (χ0n) is 76.4. The second-order valence-electron chi connectivity index (χ2n) is 29.8. The van der Waals surface area contributed by atoms with E-state index in [1.54, 1.807) is 140 Å². The van der Waals surface area contributed by atoms with Crippen LogP contribution in [-0.4, -0.2) is 111 Å². The first kappa shape index (κ1) is 114. The van der Waals surface area contributed by atoms with Gasteiger partial charge in [0.1, 0.15) is 23.0 Å². The fourth-order valence-electron chi connectivity index (χ4n) is 12.4. The van der Waals surface area contributed by atoms with Gasteiger partial charge in [-0.2, -0.15) is 58.2 Å². The number of para-hydroxylation sites is 4. The molecule has 0 fully saturated rings. The summed E-state index contributed by atoms with van der Waals surface area (Å²) in [6.07, 6.45) is -8.73. The molecule has 0 atom stereocenters. The Kier molecular flexibility index (Phi) is 41.4. The third kappa shape index (κ3) is 32.2. The van der Waals surface area contributed by atoms with Crippen molar-refractivity contribution in [2.75, 3.05) is 0 Å². The van der Waals surface area contributed by atoms with Crippen molar-refractivity contribution < 1.29 is 171 Å². The third-order valence-electron chi connectivity index (χ3n) is 19.2. The number of aromatic nitrogens is 18. The van der Waals surface area contributed by atoms with Crippen LogP contribution < -0.4 is 0 Å². The molecule has 0 aliphatic heterocycles. The molecule has 4 radical (unpaired) electrons. The van der Waals surface area contributed by atoms with E-state index in [1.165, 1.54) is 64.6 Å².